The van der Waals surface area contributed by atoms with Crippen molar-refractivity contribution in [3.8, 4) is 5.88 Å². The Bertz CT molecular complexity index is 1010. The highest BCUT2D eigenvalue weighted by Gasteiger charge is 2.28. The van der Waals surface area contributed by atoms with Crippen LogP contribution in [0.15, 0.2) is 48.8 Å². The Morgan fingerprint density at radius 2 is 2.18 bits per heavy atom. The van der Waals surface area contributed by atoms with E-state index in [1.54, 1.807) is 35.5 Å². The largest absolute Gasteiger partial charge is 0.477 e. The van der Waals surface area contributed by atoms with Crippen LogP contribution < -0.4 is 4.74 Å². The van der Waals surface area contributed by atoms with Gasteiger partial charge in [-0.2, -0.15) is 0 Å². The fraction of sp³-hybridized carbons (Fsp3) is 0.286. The van der Waals surface area contributed by atoms with Crippen molar-refractivity contribution in [2.75, 3.05) is 26.3 Å². The van der Waals surface area contributed by atoms with Crippen molar-refractivity contribution < 1.29 is 18.7 Å². The number of ether oxygens (including phenoxy) is 2. The third-order valence-electron chi connectivity index (χ3n) is 4.67. The van der Waals surface area contributed by atoms with Gasteiger partial charge in [0.15, 0.2) is 0 Å². The van der Waals surface area contributed by atoms with Crippen LogP contribution >= 0.6 is 0 Å². The number of nitrogens with zero attached hydrogens (tertiary/aromatic N) is 3. The number of pyridine rings is 2. The average Bonchev–Trinajstić information content (AvgIpc) is 2.73. The van der Waals surface area contributed by atoms with Gasteiger partial charge in [0, 0.05) is 24.3 Å². The van der Waals surface area contributed by atoms with E-state index in [0.717, 1.165) is 10.8 Å². The molecule has 28 heavy (non-hydrogen) atoms. The van der Waals surface area contributed by atoms with E-state index in [0.29, 0.717) is 43.4 Å². The molecule has 144 valence electrons. The van der Waals surface area contributed by atoms with Crippen LogP contribution in [0.5, 0.6) is 5.88 Å². The van der Waals surface area contributed by atoms with Crippen molar-refractivity contribution in [1.29, 1.82) is 0 Å². The highest BCUT2D eigenvalue weighted by molar-refractivity contribution is 5.96. The third kappa shape index (κ3) is 3.66. The normalized spacial score (nSPS) is 16.9. The summed E-state index contributed by atoms with van der Waals surface area (Å²) in [4.78, 5) is 23.3. The number of carbonyl (C=O) groups excluding carboxylic acids is 1. The summed E-state index contributed by atoms with van der Waals surface area (Å²) in [5.41, 5.74) is 1.10. The number of carbonyl (C=O) groups is 1. The van der Waals surface area contributed by atoms with E-state index >= 15 is 0 Å². The number of morpholine rings is 1. The first-order chi connectivity index (χ1) is 13.7. The molecule has 0 aliphatic carbocycles. The zero-order valence-electron chi connectivity index (χ0n) is 15.5. The van der Waals surface area contributed by atoms with Gasteiger partial charge in [-0.15, -0.1) is 0 Å². The molecule has 0 bridgehead atoms. The number of rotatable bonds is 4. The minimum absolute atomic E-state index is 0.156. The number of aromatic nitrogens is 2. The maximum Gasteiger partial charge on any atom is 0.259 e. The molecule has 1 amide bonds. The molecule has 6 nitrogen and oxygen atoms in total. The molecule has 3 heterocycles. The first kappa shape index (κ1) is 18.3. The Hall–Kier alpha value is -3.06. The van der Waals surface area contributed by atoms with Gasteiger partial charge in [0.2, 0.25) is 5.88 Å². The van der Waals surface area contributed by atoms with E-state index in [1.807, 2.05) is 13.0 Å². The SMILES string of the molecule is CCOc1ncccc1C(=O)N1CCO[C@H](c2cc3cc(F)ccc3cn2)C1. The maximum atomic E-state index is 13.5. The van der Waals surface area contributed by atoms with E-state index in [2.05, 4.69) is 9.97 Å². The van der Waals surface area contributed by atoms with E-state index in [1.165, 1.54) is 12.1 Å². The zero-order valence-corrected chi connectivity index (χ0v) is 15.5. The lowest BCUT2D eigenvalue weighted by Crippen LogP contribution is -2.42. The number of benzene rings is 1. The molecule has 3 aromatic rings. The van der Waals surface area contributed by atoms with Crippen LogP contribution in [0, 0.1) is 5.82 Å². The number of hydrogen-bond acceptors (Lipinski definition) is 5. The Labute approximate surface area is 161 Å². The predicted octanol–water partition coefficient (Wildman–Crippen LogP) is 3.38. The molecule has 4 rings (SSSR count). The quantitative estimate of drug-likeness (QED) is 0.693. The van der Waals surface area contributed by atoms with E-state index in [4.69, 9.17) is 9.47 Å². The van der Waals surface area contributed by atoms with Crippen LogP contribution in [0.3, 0.4) is 0 Å². The van der Waals surface area contributed by atoms with Gasteiger partial charge in [-0.3, -0.25) is 9.78 Å². The molecular weight excluding hydrogens is 361 g/mol. The molecule has 1 fully saturated rings. The minimum Gasteiger partial charge on any atom is -0.477 e. The smallest absolute Gasteiger partial charge is 0.259 e. The topological polar surface area (TPSA) is 64.5 Å². The Balaban J connectivity index is 1.57. The van der Waals surface area contributed by atoms with Crippen molar-refractivity contribution in [1.82, 2.24) is 14.9 Å². The van der Waals surface area contributed by atoms with Crippen molar-refractivity contribution in [2.24, 2.45) is 0 Å². The second-order valence-corrected chi connectivity index (χ2v) is 6.50. The molecule has 1 aliphatic heterocycles. The molecule has 1 aromatic carbocycles. The molecule has 7 heteroatoms. The molecule has 0 spiro atoms. The summed E-state index contributed by atoms with van der Waals surface area (Å²) in [7, 11) is 0. The van der Waals surface area contributed by atoms with Gasteiger partial charge in [0.1, 0.15) is 17.5 Å². The fourth-order valence-corrected chi connectivity index (χ4v) is 3.29. The number of hydrogen-bond donors (Lipinski definition) is 0. The maximum absolute atomic E-state index is 13.5. The number of amides is 1. The van der Waals surface area contributed by atoms with Gasteiger partial charge >= 0.3 is 0 Å². The molecule has 0 radical (unpaired) electrons. The summed E-state index contributed by atoms with van der Waals surface area (Å²) in [6.07, 6.45) is 2.92. The lowest BCUT2D eigenvalue weighted by atomic mass is 10.1. The van der Waals surface area contributed by atoms with E-state index < -0.39 is 0 Å². The molecule has 1 aliphatic rings. The Morgan fingerprint density at radius 1 is 1.29 bits per heavy atom. The van der Waals surface area contributed by atoms with Crippen molar-refractivity contribution in [2.45, 2.75) is 13.0 Å². The molecule has 1 saturated heterocycles. The zero-order chi connectivity index (χ0) is 19.5. The average molecular weight is 381 g/mol. The van der Waals surface area contributed by atoms with Crippen LogP contribution in [0.4, 0.5) is 4.39 Å². The third-order valence-corrected chi connectivity index (χ3v) is 4.67. The molecule has 0 unspecified atom stereocenters. The Morgan fingerprint density at radius 3 is 3.04 bits per heavy atom. The van der Waals surface area contributed by atoms with Gasteiger partial charge in [-0.05, 0) is 48.7 Å². The van der Waals surface area contributed by atoms with Crippen LogP contribution in [0.25, 0.3) is 10.8 Å². The van der Waals surface area contributed by atoms with Crippen LogP contribution in [0.2, 0.25) is 0 Å². The standard InChI is InChI=1S/C21H20FN3O3/c1-2-27-20-17(4-3-7-23-20)21(26)25-8-9-28-19(13-25)18-11-15-10-16(22)6-5-14(15)12-24-18/h3-7,10-12,19H,2,8-9,13H2,1H3/t19-/m0/s1. The summed E-state index contributed by atoms with van der Waals surface area (Å²) < 4.78 is 24.9. The van der Waals surface area contributed by atoms with Crippen LogP contribution in [0.1, 0.15) is 29.1 Å². The summed E-state index contributed by atoms with van der Waals surface area (Å²) >= 11 is 0. The summed E-state index contributed by atoms with van der Waals surface area (Å²) in [6.45, 7) is 3.50. The van der Waals surface area contributed by atoms with E-state index in [9.17, 15) is 9.18 Å². The summed E-state index contributed by atoms with van der Waals surface area (Å²) in [6, 6.07) is 9.81. The van der Waals surface area contributed by atoms with Gasteiger partial charge in [0.05, 0.1) is 25.5 Å². The highest BCUT2D eigenvalue weighted by atomic mass is 19.1. The predicted molar refractivity (Wildman–Crippen MR) is 102 cm³/mol. The summed E-state index contributed by atoms with van der Waals surface area (Å²) in [5.74, 6) is -0.125. The Kier molecular flexibility index (Phi) is 5.16. The first-order valence-corrected chi connectivity index (χ1v) is 9.19. The molecule has 1 atom stereocenters. The first-order valence-electron chi connectivity index (χ1n) is 9.19. The lowest BCUT2D eigenvalue weighted by Gasteiger charge is -2.33. The molecular formula is C21H20FN3O3. The summed E-state index contributed by atoms with van der Waals surface area (Å²) in [5, 5.41) is 1.61. The molecule has 2 aromatic heterocycles. The number of halogens is 1. The second kappa shape index (κ2) is 7.90. The molecule has 0 N–H and O–H groups in total. The lowest BCUT2D eigenvalue weighted by molar-refractivity contribution is -0.0247. The number of fused-ring (bicyclic) bond motifs is 1. The second-order valence-electron chi connectivity index (χ2n) is 6.50. The van der Waals surface area contributed by atoms with Gasteiger partial charge < -0.3 is 14.4 Å². The van der Waals surface area contributed by atoms with Gasteiger partial charge in [-0.25, -0.2) is 9.37 Å². The van der Waals surface area contributed by atoms with Crippen molar-refractivity contribution >= 4 is 16.7 Å². The highest BCUT2D eigenvalue weighted by Crippen LogP contribution is 2.26. The minimum atomic E-state index is -0.377. The molecule has 0 saturated carbocycles. The van der Waals surface area contributed by atoms with Crippen LogP contribution in [-0.4, -0.2) is 47.1 Å². The van der Waals surface area contributed by atoms with Crippen molar-refractivity contribution in [3.05, 3.63) is 65.9 Å². The van der Waals surface area contributed by atoms with E-state index in [-0.39, 0.29) is 17.8 Å². The van der Waals surface area contributed by atoms with Crippen LogP contribution in [-0.2, 0) is 4.74 Å². The van der Waals surface area contributed by atoms with Crippen molar-refractivity contribution in [3.63, 3.8) is 0 Å². The van der Waals surface area contributed by atoms with Gasteiger partial charge in [-0.1, -0.05) is 0 Å². The van der Waals surface area contributed by atoms with Gasteiger partial charge in [0.25, 0.3) is 5.91 Å². The fourth-order valence-electron chi connectivity index (χ4n) is 3.29. The monoisotopic (exact) mass is 381 g/mol.